The van der Waals surface area contributed by atoms with Crippen molar-refractivity contribution in [2.75, 3.05) is 5.32 Å². The van der Waals surface area contributed by atoms with Gasteiger partial charge in [-0.15, -0.1) is 0 Å². The first-order valence-electron chi connectivity index (χ1n) is 5.86. The molecule has 0 fully saturated rings. The summed E-state index contributed by atoms with van der Waals surface area (Å²) in [6.07, 6.45) is 7.31. The Bertz CT molecular complexity index is 681. The lowest BCUT2D eigenvalue weighted by Gasteiger charge is -2.03. The number of nitrogens with zero attached hydrogens (tertiary/aromatic N) is 5. The molecule has 6 nitrogen and oxygen atoms in total. The third-order valence-electron chi connectivity index (χ3n) is 2.73. The van der Waals surface area contributed by atoms with Crippen molar-refractivity contribution in [1.29, 1.82) is 0 Å². The first-order valence-corrected chi connectivity index (χ1v) is 5.86. The Kier molecular flexibility index (Phi) is 2.47. The molecule has 3 aromatic rings. The molecule has 6 heteroatoms. The van der Waals surface area contributed by atoms with Gasteiger partial charge in [-0.05, 0) is 19.9 Å². The first-order chi connectivity index (χ1) is 8.76. The minimum atomic E-state index is 0.786. The van der Waals surface area contributed by atoms with Crippen LogP contribution >= 0.6 is 0 Å². The van der Waals surface area contributed by atoms with E-state index in [4.69, 9.17) is 0 Å². The van der Waals surface area contributed by atoms with Crippen LogP contribution in [-0.4, -0.2) is 24.4 Å². The van der Waals surface area contributed by atoms with Crippen LogP contribution < -0.4 is 5.32 Å². The van der Waals surface area contributed by atoms with Gasteiger partial charge in [0.1, 0.15) is 5.52 Å². The van der Waals surface area contributed by atoms with E-state index in [1.54, 1.807) is 12.4 Å². The van der Waals surface area contributed by atoms with E-state index in [1.807, 2.05) is 34.6 Å². The number of fused-ring (bicyclic) bond motifs is 1. The topological polar surface area (TPSA) is 60.0 Å². The molecule has 0 saturated heterocycles. The van der Waals surface area contributed by atoms with Crippen LogP contribution in [-0.2, 0) is 6.54 Å². The van der Waals surface area contributed by atoms with Gasteiger partial charge in [-0.25, -0.2) is 9.50 Å². The Labute approximate surface area is 104 Å². The molecule has 0 aliphatic heterocycles. The van der Waals surface area contributed by atoms with Crippen molar-refractivity contribution in [3.05, 3.63) is 36.5 Å². The largest absolute Gasteiger partial charge is 0.336 e. The van der Waals surface area contributed by atoms with Crippen LogP contribution in [0, 0.1) is 6.92 Å². The number of rotatable bonds is 3. The molecule has 0 aromatic carbocycles. The number of nitrogens with one attached hydrogen (secondary N) is 1. The first kappa shape index (κ1) is 10.8. The number of aryl methyl sites for hydroxylation is 2. The predicted molar refractivity (Wildman–Crippen MR) is 68.9 cm³/mol. The van der Waals surface area contributed by atoms with E-state index >= 15 is 0 Å². The summed E-state index contributed by atoms with van der Waals surface area (Å²) in [5.41, 5.74) is 2.85. The zero-order chi connectivity index (χ0) is 12.5. The highest BCUT2D eigenvalue weighted by Gasteiger charge is 2.06. The maximum absolute atomic E-state index is 4.35. The van der Waals surface area contributed by atoms with Crippen LogP contribution in [0.25, 0.3) is 5.52 Å². The highest BCUT2D eigenvalue weighted by atomic mass is 15.3. The predicted octanol–water partition coefficient (Wildman–Crippen LogP) is 2.00. The molecule has 92 valence electrons. The zero-order valence-corrected chi connectivity index (χ0v) is 10.3. The molecule has 0 aliphatic carbocycles. The fourth-order valence-electron chi connectivity index (χ4n) is 1.88. The smallest absolute Gasteiger partial charge is 0.156 e. The van der Waals surface area contributed by atoms with Crippen molar-refractivity contribution >= 4 is 17.0 Å². The fraction of sp³-hybridized carbons (Fsp3) is 0.250. The molecular weight excluding hydrogens is 228 g/mol. The molecule has 3 heterocycles. The monoisotopic (exact) mass is 242 g/mol. The van der Waals surface area contributed by atoms with Gasteiger partial charge < -0.3 is 5.32 Å². The van der Waals surface area contributed by atoms with Gasteiger partial charge in [0.2, 0.25) is 0 Å². The van der Waals surface area contributed by atoms with Crippen molar-refractivity contribution in [1.82, 2.24) is 24.4 Å². The lowest BCUT2D eigenvalue weighted by molar-refractivity contribution is 0.660. The van der Waals surface area contributed by atoms with E-state index in [-0.39, 0.29) is 0 Å². The fourth-order valence-corrected chi connectivity index (χ4v) is 1.88. The van der Waals surface area contributed by atoms with Crippen LogP contribution in [0.1, 0.15) is 12.6 Å². The third-order valence-corrected chi connectivity index (χ3v) is 2.73. The molecule has 0 spiro atoms. The molecule has 0 saturated carbocycles. The number of hydrogen-bond donors (Lipinski definition) is 1. The summed E-state index contributed by atoms with van der Waals surface area (Å²) >= 11 is 0. The zero-order valence-electron chi connectivity index (χ0n) is 10.3. The Morgan fingerprint density at radius 2 is 2.28 bits per heavy atom. The van der Waals surface area contributed by atoms with Gasteiger partial charge in [0, 0.05) is 25.1 Å². The van der Waals surface area contributed by atoms with E-state index in [0.717, 1.165) is 29.3 Å². The van der Waals surface area contributed by atoms with Gasteiger partial charge in [-0.3, -0.25) is 4.68 Å². The maximum atomic E-state index is 4.35. The Morgan fingerprint density at radius 1 is 1.39 bits per heavy atom. The summed E-state index contributed by atoms with van der Waals surface area (Å²) in [5, 5.41) is 11.8. The van der Waals surface area contributed by atoms with Crippen molar-refractivity contribution in [2.45, 2.75) is 20.4 Å². The minimum Gasteiger partial charge on any atom is -0.336 e. The molecule has 0 atom stereocenters. The van der Waals surface area contributed by atoms with E-state index in [2.05, 4.69) is 27.4 Å². The normalized spacial score (nSPS) is 11.0. The Hall–Kier alpha value is -2.37. The second-order valence-corrected chi connectivity index (χ2v) is 4.10. The summed E-state index contributed by atoms with van der Waals surface area (Å²) in [5.74, 6) is 0.786. The summed E-state index contributed by atoms with van der Waals surface area (Å²) in [6.45, 7) is 4.87. The van der Waals surface area contributed by atoms with Gasteiger partial charge in [-0.1, -0.05) is 0 Å². The van der Waals surface area contributed by atoms with Crippen LogP contribution in [0.3, 0.4) is 0 Å². The van der Waals surface area contributed by atoms with Crippen molar-refractivity contribution in [3.8, 4) is 0 Å². The summed E-state index contributed by atoms with van der Waals surface area (Å²) in [7, 11) is 0. The lowest BCUT2D eigenvalue weighted by Crippen LogP contribution is -1.97. The Morgan fingerprint density at radius 3 is 3.06 bits per heavy atom. The summed E-state index contributed by atoms with van der Waals surface area (Å²) in [4.78, 5) is 4.34. The maximum Gasteiger partial charge on any atom is 0.156 e. The second kappa shape index (κ2) is 4.14. The van der Waals surface area contributed by atoms with E-state index in [0.29, 0.717) is 0 Å². The van der Waals surface area contributed by atoms with Crippen molar-refractivity contribution in [2.24, 2.45) is 0 Å². The Balaban J connectivity index is 1.98. The SMILES string of the molecule is CCn1cc(Nc2nccn3nc(C)cc23)cn1. The van der Waals surface area contributed by atoms with Gasteiger partial charge in [-0.2, -0.15) is 10.2 Å². The number of hydrogen-bond acceptors (Lipinski definition) is 4. The van der Waals surface area contributed by atoms with Gasteiger partial charge in [0.05, 0.1) is 17.6 Å². The lowest BCUT2D eigenvalue weighted by atomic mass is 10.4. The average Bonchev–Trinajstić information content (AvgIpc) is 2.95. The number of aromatic nitrogens is 5. The highest BCUT2D eigenvalue weighted by molar-refractivity contribution is 5.72. The quantitative estimate of drug-likeness (QED) is 0.763. The third kappa shape index (κ3) is 1.81. The van der Waals surface area contributed by atoms with Gasteiger partial charge in [0.15, 0.2) is 5.82 Å². The second-order valence-electron chi connectivity index (χ2n) is 4.10. The molecule has 3 rings (SSSR count). The van der Waals surface area contributed by atoms with Crippen molar-refractivity contribution in [3.63, 3.8) is 0 Å². The molecule has 0 radical (unpaired) electrons. The van der Waals surface area contributed by atoms with E-state index in [1.165, 1.54) is 0 Å². The molecule has 0 amide bonds. The molecule has 0 bridgehead atoms. The summed E-state index contributed by atoms with van der Waals surface area (Å²) in [6, 6.07) is 2.00. The molecule has 0 unspecified atom stereocenters. The highest BCUT2D eigenvalue weighted by Crippen LogP contribution is 2.19. The number of anilines is 2. The van der Waals surface area contributed by atoms with Gasteiger partial charge >= 0.3 is 0 Å². The van der Waals surface area contributed by atoms with Crippen LogP contribution in [0.2, 0.25) is 0 Å². The molecule has 1 N–H and O–H groups in total. The minimum absolute atomic E-state index is 0.786. The molecule has 0 aliphatic rings. The molecule has 3 aromatic heterocycles. The van der Waals surface area contributed by atoms with Gasteiger partial charge in [0.25, 0.3) is 0 Å². The van der Waals surface area contributed by atoms with Crippen LogP contribution in [0.15, 0.2) is 30.9 Å². The molecule has 18 heavy (non-hydrogen) atoms. The van der Waals surface area contributed by atoms with Crippen molar-refractivity contribution < 1.29 is 0 Å². The standard InChI is InChI=1S/C12H14N6/c1-3-17-8-10(7-14-17)15-12-11-6-9(2)16-18(11)5-4-13-12/h4-8H,3H2,1-2H3,(H,13,15). The van der Waals surface area contributed by atoms with E-state index in [9.17, 15) is 0 Å². The summed E-state index contributed by atoms with van der Waals surface area (Å²) < 4.78 is 3.68. The molecular formula is C12H14N6. The average molecular weight is 242 g/mol. The van der Waals surface area contributed by atoms with Crippen LogP contribution in [0.5, 0.6) is 0 Å². The van der Waals surface area contributed by atoms with Crippen LogP contribution in [0.4, 0.5) is 11.5 Å². The van der Waals surface area contributed by atoms with E-state index < -0.39 is 0 Å².